The maximum absolute atomic E-state index is 12.9. The quantitative estimate of drug-likeness (QED) is 0.694. The molecule has 3 amide bonds. The lowest BCUT2D eigenvalue weighted by molar-refractivity contribution is -0.123. The van der Waals surface area contributed by atoms with Gasteiger partial charge in [0.25, 0.3) is 11.8 Å². The minimum Gasteiger partial charge on any atom is -0.497 e. The van der Waals surface area contributed by atoms with Gasteiger partial charge >= 0.3 is 0 Å². The van der Waals surface area contributed by atoms with E-state index in [-0.39, 0.29) is 12.5 Å². The van der Waals surface area contributed by atoms with Crippen LogP contribution in [0.1, 0.15) is 0 Å². The number of ether oxygens (including phenoxy) is 1. The van der Waals surface area contributed by atoms with Crippen LogP contribution in [0.15, 0.2) is 63.3 Å². The molecule has 2 aromatic rings. The third kappa shape index (κ3) is 3.58. The molecule has 0 aromatic heterocycles. The van der Waals surface area contributed by atoms with Crippen molar-refractivity contribution in [1.82, 2.24) is 5.01 Å². The number of halogens is 1. The van der Waals surface area contributed by atoms with Crippen LogP contribution in [-0.4, -0.2) is 48.5 Å². The molecule has 2 aliphatic heterocycles. The number of anilines is 2. The van der Waals surface area contributed by atoms with Gasteiger partial charge in [-0.2, -0.15) is 5.11 Å². The second-order valence-electron chi connectivity index (χ2n) is 6.46. The Kier molecular flexibility index (Phi) is 5.01. The second kappa shape index (κ2) is 7.63. The molecule has 148 valence electrons. The van der Waals surface area contributed by atoms with E-state index in [0.29, 0.717) is 17.1 Å². The van der Waals surface area contributed by atoms with Crippen molar-refractivity contribution >= 4 is 45.0 Å². The zero-order valence-corrected chi connectivity index (χ0v) is 16.9. The largest absolute Gasteiger partial charge is 0.497 e. The zero-order chi connectivity index (χ0) is 20.5. The van der Waals surface area contributed by atoms with Gasteiger partial charge in [-0.25, -0.2) is 4.90 Å². The number of hydrogen-bond donors (Lipinski definition) is 1. The maximum Gasteiger partial charge on any atom is 0.263 e. The molecule has 0 unspecified atom stereocenters. The van der Waals surface area contributed by atoms with Gasteiger partial charge in [0, 0.05) is 10.2 Å². The van der Waals surface area contributed by atoms with E-state index in [1.54, 1.807) is 48.5 Å². The predicted octanol–water partition coefficient (Wildman–Crippen LogP) is 2.39. The van der Waals surface area contributed by atoms with Crippen molar-refractivity contribution in [2.45, 2.75) is 12.1 Å². The number of hydrogen-bond acceptors (Lipinski definition) is 7. The van der Waals surface area contributed by atoms with Crippen LogP contribution in [0.25, 0.3) is 0 Å². The van der Waals surface area contributed by atoms with Crippen LogP contribution in [0.3, 0.4) is 0 Å². The summed E-state index contributed by atoms with van der Waals surface area (Å²) in [5.41, 5.74) is 1.03. The molecule has 0 radical (unpaired) electrons. The summed E-state index contributed by atoms with van der Waals surface area (Å²) in [6.07, 6.45) is 0. The average Bonchev–Trinajstić information content (AvgIpc) is 3.23. The highest BCUT2D eigenvalue weighted by Gasteiger charge is 2.55. The topological polar surface area (TPSA) is 104 Å². The van der Waals surface area contributed by atoms with Gasteiger partial charge in [-0.15, -0.1) is 0 Å². The SMILES string of the molecule is COc1ccc(N2C(=O)[C@H]3N=NN(CC(=O)Nc4ccc(Br)cc4)[C@H]3C2=O)cc1. The standard InChI is InChI=1S/C19H16BrN5O4/c1-29-14-8-6-13(7-9-14)25-18(27)16-17(19(25)28)24(23-22-16)10-15(26)21-12-4-2-11(20)3-5-12/h2-9,16-17H,10H2,1H3,(H,21,26)/t16-,17+/m0/s1. The molecule has 0 bridgehead atoms. The van der Waals surface area contributed by atoms with Crippen molar-refractivity contribution in [3.8, 4) is 5.75 Å². The number of rotatable bonds is 5. The van der Waals surface area contributed by atoms with Crippen LogP contribution in [-0.2, 0) is 14.4 Å². The summed E-state index contributed by atoms with van der Waals surface area (Å²) in [6, 6.07) is 11.8. The average molecular weight is 458 g/mol. The first-order valence-corrected chi connectivity index (χ1v) is 9.52. The van der Waals surface area contributed by atoms with Gasteiger partial charge in [-0.05, 0) is 48.5 Å². The summed E-state index contributed by atoms with van der Waals surface area (Å²) in [6.45, 7) is -0.198. The summed E-state index contributed by atoms with van der Waals surface area (Å²) in [5, 5.41) is 11.8. The van der Waals surface area contributed by atoms with Gasteiger partial charge in [0.1, 0.15) is 12.3 Å². The molecule has 1 fully saturated rings. The Labute approximate surface area is 174 Å². The van der Waals surface area contributed by atoms with Crippen molar-refractivity contribution in [2.75, 3.05) is 23.9 Å². The Morgan fingerprint density at radius 2 is 1.79 bits per heavy atom. The number of nitrogens with zero attached hydrogens (tertiary/aromatic N) is 4. The third-order valence-electron chi connectivity index (χ3n) is 4.62. The van der Waals surface area contributed by atoms with E-state index in [1.165, 1.54) is 12.1 Å². The highest BCUT2D eigenvalue weighted by molar-refractivity contribution is 9.10. The third-order valence-corrected chi connectivity index (χ3v) is 5.15. The van der Waals surface area contributed by atoms with Gasteiger partial charge in [0.15, 0.2) is 12.1 Å². The van der Waals surface area contributed by atoms with Crippen molar-refractivity contribution in [1.29, 1.82) is 0 Å². The molecule has 2 atom stereocenters. The number of fused-ring (bicyclic) bond motifs is 1. The van der Waals surface area contributed by atoms with Crippen molar-refractivity contribution < 1.29 is 19.1 Å². The van der Waals surface area contributed by atoms with Gasteiger partial charge in [-0.1, -0.05) is 21.2 Å². The lowest BCUT2D eigenvalue weighted by Crippen LogP contribution is -2.43. The molecule has 2 aromatic carbocycles. The Bertz CT molecular complexity index is 993. The fourth-order valence-electron chi connectivity index (χ4n) is 3.22. The van der Waals surface area contributed by atoms with Crippen LogP contribution in [0.2, 0.25) is 0 Å². The number of methoxy groups -OCH3 is 1. The number of nitrogens with one attached hydrogen (secondary N) is 1. The summed E-state index contributed by atoms with van der Waals surface area (Å²) in [7, 11) is 1.53. The van der Waals surface area contributed by atoms with Crippen LogP contribution in [0, 0.1) is 0 Å². The van der Waals surface area contributed by atoms with E-state index in [9.17, 15) is 14.4 Å². The van der Waals surface area contributed by atoms with E-state index in [4.69, 9.17) is 4.74 Å². The Morgan fingerprint density at radius 3 is 2.45 bits per heavy atom. The first kappa shape index (κ1) is 19.1. The molecular formula is C19H16BrN5O4. The van der Waals surface area contributed by atoms with Crippen LogP contribution in [0.5, 0.6) is 5.75 Å². The number of amides is 3. The number of carbonyl (C=O) groups excluding carboxylic acids is 3. The molecule has 0 saturated carbocycles. The molecule has 4 rings (SSSR count). The van der Waals surface area contributed by atoms with Gasteiger partial charge < -0.3 is 10.1 Å². The Balaban J connectivity index is 1.47. The molecule has 2 aliphatic rings. The van der Waals surface area contributed by atoms with E-state index in [1.807, 2.05) is 0 Å². The molecule has 1 saturated heterocycles. The summed E-state index contributed by atoms with van der Waals surface area (Å²) >= 11 is 3.33. The summed E-state index contributed by atoms with van der Waals surface area (Å²) < 4.78 is 5.99. The molecule has 9 nitrogen and oxygen atoms in total. The van der Waals surface area contributed by atoms with E-state index in [2.05, 4.69) is 31.6 Å². The highest BCUT2D eigenvalue weighted by atomic mass is 79.9. The first-order chi connectivity index (χ1) is 14.0. The Morgan fingerprint density at radius 1 is 1.10 bits per heavy atom. The molecule has 2 heterocycles. The molecular weight excluding hydrogens is 442 g/mol. The first-order valence-electron chi connectivity index (χ1n) is 8.72. The van der Waals surface area contributed by atoms with Gasteiger partial charge in [-0.3, -0.25) is 19.4 Å². The van der Waals surface area contributed by atoms with Gasteiger partial charge in [0.05, 0.1) is 12.8 Å². The van der Waals surface area contributed by atoms with E-state index < -0.39 is 23.9 Å². The minimum atomic E-state index is -0.954. The predicted molar refractivity (Wildman–Crippen MR) is 107 cm³/mol. The smallest absolute Gasteiger partial charge is 0.263 e. The molecule has 29 heavy (non-hydrogen) atoms. The van der Waals surface area contributed by atoms with Crippen molar-refractivity contribution in [3.05, 3.63) is 53.0 Å². The van der Waals surface area contributed by atoms with E-state index in [0.717, 1.165) is 9.37 Å². The zero-order valence-electron chi connectivity index (χ0n) is 15.3. The molecule has 10 heteroatoms. The molecule has 0 aliphatic carbocycles. The molecule has 0 spiro atoms. The lowest BCUT2D eigenvalue weighted by Gasteiger charge is -2.20. The highest BCUT2D eigenvalue weighted by Crippen LogP contribution is 2.32. The summed E-state index contributed by atoms with van der Waals surface area (Å²) in [4.78, 5) is 39.0. The monoisotopic (exact) mass is 457 g/mol. The number of carbonyl (C=O) groups is 3. The number of benzene rings is 2. The fourth-order valence-corrected chi connectivity index (χ4v) is 3.48. The lowest BCUT2D eigenvalue weighted by atomic mass is 10.1. The minimum absolute atomic E-state index is 0.198. The number of imide groups is 1. The van der Waals surface area contributed by atoms with Gasteiger partial charge in [0.2, 0.25) is 5.91 Å². The van der Waals surface area contributed by atoms with Crippen LogP contribution >= 0.6 is 15.9 Å². The molecule has 1 N–H and O–H groups in total. The Hall–Kier alpha value is -3.27. The second-order valence-corrected chi connectivity index (χ2v) is 7.37. The maximum atomic E-state index is 12.9. The normalized spacial score (nSPS) is 20.2. The fraction of sp³-hybridized carbons (Fsp3) is 0.211. The van der Waals surface area contributed by atoms with Crippen LogP contribution < -0.4 is 15.0 Å². The van der Waals surface area contributed by atoms with Crippen LogP contribution in [0.4, 0.5) is 11.4 Å². The van der Waals surface area contributed by atoms with Crippen molar-refractivity contribution in [3.63, 3.8) is 0 Å². The van der Waals surface area contributed by atoms with Crippen molar-refractivity contribution in [2.24, 2.45) is 10.3 Å². The summed E-state index contributed by atoms with van der Waals surface area (Å²) in [5.74, 6) is -0.689. The van der Waals surface area contributed by atoms with E-state index >= 15 is 0 Å².